The van der Waals surface area contributed by atoms with Crippen molar-refractivity contribution in [3.63, 3.8) is 0 Å². The Labute approximate surface area is 146 Å². The molecule has 25 heavy (non-hydrogen) atoms. The molecule has 1 aliphatic rings. The number of nitrogens with one attached hydrogen (secondary N) is 1. The van der Waals surface area contributed by atoms with Gasteiger partial charge in [-0.3, -0.25) is 9.59 Å². The summed E-state index contributed by atoms with van der Waals surface area (Å²) in [6.45, 7) is 6.73. The van der Waals surface area contributed by atoms with Crippen molar-refractivity contribution >= 4 is 27.6 Å². The minimum absolute atomic E-state index is 0.123. The summed E-state index contributed by atoms with van der Waals surface area (Å²) in [4.78, 5) is 24.4. The lowest BCUT2D eigenvalue weighted by atomic mass is 10.1. The molecule has 0 fully saturated rings. The molecule has 0 bridgehead atoms. The first kappa shape index (κ1) is 19.2. The second-order valence-electron chi connectivity index (χ2n) is 6.37. The van der Waals surface area contributed by atoms with Gasteiger partial charge in [-0.1, -0.05) is 13.8 Å². The van der Waals surface area contributed by atoms with Gasteiger partial charge in [-0.25, -0.2) is 8.42 Å². The van der Waals surface area contributed by atoms with E-state index in [2.05, 4.69) is 4.72 Å². The van der Waals surface area contributed by atoms with Crippen LogP contribution in [-0.2, 0) is 19.6 Å². The van der Waals surface area contributed by atoms with Crippen molar-refractivity contribution in [2.45, 2.75) is 44.7 Å². The second kappa shape index (κ2) is 7.01. The minimum atomic E-state index is -4.07. The number of benzene rings is 1. The SMILES string of the molecule is CC(=O)N1CC(C)Oc2ccc(S(=O)(=O)NC(C(=O)O)C(C)C)cc21. The third-order valence-electron chi connectivity index (χ3n) is 3.89. The first-order chi connectivity index (χ1) is 11.5. The Morgan fingerprint density at radius 1 is 1.36 bits per heavy atom. The molecule has 2 unspecified atom stereocenters. The molecule has 0 radical (unpaired) electrons. The minimum Gasteiger partial charge on any atom is -0.487 e. The summed E-state index contributed by atoms with van der Waals surface area (Å²) in [6.07, 6.45) is -0.214. The van der Waals surface area contributed by atoms with Crippen molar-refractivity contribution in [1.29, 1.82) is 0 Å². The van der Waals surface area contributed by atoms with E-state index < -0.39 is 28.0 Å². The van der Waals surface area contributed by atoms with Crippen molar-refractivity contribution in [2.24, 2.45) is 5.92 Å². The molecule has 0 spiro atoms. The van der Waals surface area contributed by atoms with E-state index in [1.165, 1.54) is 30.0 Å². The van der Waals surface area contributed by atoms with Gasteiger partial charge in [-0.15, -0.1) is 0 Å². The Morgan fingerprint density at radius 2 is 2.00 bits per heavy atom. The van der Waals surface area contributed by atoms with Crippen LogP contribution in [0, 0.1) is 5.92 Å². The van der Waals surface area contributed by atoms with E-state index in [0.717, 1.165) is 0 Å². The van der Waals surface area contributed by atoms with Gasteiger partial charge < -0.3 is 14.7 Å². The fraction of sp³-hybridized carbons (Fsp3) is 0.500. The van der Waals surface area contributed by atoms with E-state index in [0.29, 0.717) is 18.0 Å². The lowest BCUT2D eigenvalue weighted by Crippen LogP contribution is -2.44. The van der Waals surface area contributed by atoms with Gasteiger partial charge in [0, 0.05) is 6.92 Å². The lowest BCUT2D eigenvalue weighted by molar-refractivity contribution is -0.140. The van der Waals surface area contributed by atoms with Gasteiger partial charge in [-0.2, -0.15) is 4.72 Å². The summed E-state index contributed by atoms with van der Waals surface area (Å²) in [7, 11) is -4.07. The van der Waals surface area contributed by atoms with Crippen LogP contribution in [-0.4, -0.2) is 44.1 Å². The van der Waals surface area contributed by atoms with Crippen LogP contribution in [0.3, 0.4) is 0 Å². The Hall–Kier alpha value is -2.13. The summed E-state index contributed by atoms with van der Waals surface area (Å²) >= 11 is 0. The number of rotatable bonds is 5. The number of carboxylic acid groups (broad SMARTS) is 1. The van der Waals surface area contributed by atoms with Crippen LogP contribution < -0.4 is 14.4 Å². The number of carbonyl (C=O) groups is 2. The summed E-state index contributed by atoms with van der Waals surface area (Å²) in [5.41, 5.74) is 0.352. The lowest BCUT2D eigenvalue weighted by Gasteiger charge is -2.33. The smallest absolute Gasteiger partial charge is 0.322 e. The van der Waals surface area contributed by atoms with Crippen molar-refractivity contribution in [3.05, 3.63) is 18.2 Å². The molecule has 1 heterocycles. The molecular formula is C16H22N2O6S. The average molecular weight is 370 g/mol. The topological polar surface area (TPSA) is 113 Å². The first-order valence-electron chi connectivity index (χ1n) is 7.87. The fourth-order valence-electron chi connectivity index (χ4n) is 2.59. The highest BCUT2D eigenvalue weighted by atomic mass is 32.2. The molecule has 1 aromatic rings. The molecular weight excluding hydrogens is 348 g/mol. The monoisotopic (exact) mass is 370 g/mol. The molecule has 0 saturated heterocycles. The number of carbonyl (C=O) groups excluding carboxylic acids is 1. The third kappa shape index (κ3) is 4.10. The van der Waals surface area contributed by atoms with E-state index >= 15 is 0 Å². The van der Waals surface area contributed by atoms with Crippen LogP contribution in [0.5, 0.6) is 5.75 Å². The van der Waals surface area contributed by atoms with E-state index in [1.807, 2.05) is 6.92 Å². The van der Waals surface area contributed by atoms with Crippen LogP contribution in [0.4, 0.5) is 5.69 Å². The van der Waals surface area contributed by atoms with Gasteiger partial charge in [0.05, 0.1) is 17.1 Å². The Morgan fingerprint density at radius 3 is 2.52 bits per heavy atom. The first-order valence-corrected chi connectivity index (χ1v) is 9.35. The third-order valence-corrected chi connectivity index (χ3v) is 5.33. The van der Waals surface area contributed by atoms with Crippen molar-refractivity contribution in [1.82, 2.24) is 4.72 Å². The van der Waals surface area contributed by atoms with Crippen LogP contribution in [0.2, 0.25) is 0 Å². The predicted octanol–water partition coefficient (Wildman–Crippen LogP) is 1.21. The fourth-order valence-corrected chi connectivity index (χ4v) is 3.95. The number of ether oxygens (including phenoxy) is 1. The number of hydrogen-bond acceptors (Lipinski definition) is 5. The highest BCUT2D eigenvalue weighted by Crippen LogP contribution is 2.35. The summed E-state index contributed by atoms with van der Waals surface area (Å²) < 4.78 is 32.9. The molecule has 0 aromatic heterocycles. The molecule has 2 atom stereocenters. The molecule has 8 nitrogen and oxygen atoms in total. The predicted molar refractivity (Wildman–Crippen MR) is 91.1 cm³/mol. The maximum atomic E-state index is 12.6. The van der Waals surface area contributed by atoms with Gasteiger partial charge in [0.1, 0.15) is 17.9 Å². The van der Waals surface area contributed by atoms with Crippen LogP contribution in [0.1, 0.15) is 27.7 Å². The number of anilines is 1. The second-order valence-corrected chi connectivity index (χ2v) is 8.08. The summed E-state index contributed by atoms with van der Waals surface area (Å²) in [6, 6.07) is 2.88. The molecule has 1 aromatic carbocycles. The molecule has 9 heteroatoms. The highest BCUT2D eigenvalue weighted by Gasteiger charge is 2.31. The number of hydrogen-bond donors (Lipinski definition) is 2. The Balaban J connectivity index is 2.42. The summed E-state index contributed by atoms with van der Waals surface area (Å²) in [5, 5.41) is 9.19. The van der Waals surface area contributed by atoms with E-state index in [9.17, 15) is 23.1 Å². The van der Waals surface area contributed by atoms with Crippen LogP contribution in [0.25, 0.3) is 0 Å². The molecule has 2 rings (SSSR count). The molecule has 138 valence electrons. The van der Waals surface area contributed by atoms with Crippen molar-refractivity contribution < 1.29 is 27.9 Å². The number of fused-ring (bicyclic) bond motifs is 1. The van der Waals surface area contributed by atoms with E-state index in [-0.39, 0.29) is 16.9 Å². The zero-order chi connectivity index (χ0) is 18.9. The molecule has 1 amide bonds. The average Bonchev–Trinajstić information content (AvgIpc) is 2.50. The zero-order valence-electron chi connectivity index (χ0n) is 14.5. The molecule has 1 aliphatic heterocycles. The maximum absolute atomic E-state index is 12.6. The van der Waals surface area contributed by atoms with Gasteiger partial charge in [0.25, 0.3) is 0 Å². The standard InChI is InChI=1S/C16H22N2O6S/c1-9(2)15(16(20)21)17-25(22,23)12-5-6-14-13(7-12)18(11(4)19)8-10(3)24-14/h5-7,9-10,15,17H,8H2,1-4H3,(H,20,21). The Kier molecular flexibility index (Phi) is 5.38. The quantitative estimate of drug-likeness (QED) is 0.805. The largest absolute Gasteiger partial charge is 0.487 e. The van der Waals surface area contributed by atoms with Gasteiger partial charge in [-0.05, 0) is 31.0 Å². The normalized spacial score (nSPS) is 18.4. The number of sulfonamides is 1. The Bertz CT molecular complexity index is 790. The van der Waals surface area contributed by atoms with Crippen LogP contribution in [0.15, 0.2) is 23.1 Å². The van der Waals surface area contributed by atoms with E-state index in [4.69, 9.17) is 4.74 Å². The van der Waals surface area contributed by atoms with Crippen LogP contribution >= 0.6 is 0 Å². The molecule has 2 N–H and O–H groups in total. The number of nitrogens with zero attached hydrogens (tertiary/aromatic N) is 1. The van der Waals surface area contributed by atoms with Gasteiger partial charge in [0.15, 0.2) is 0 Å². The zero-order valence-corrected chi connectivity index (χ0v) is 15.3. The van der Waals surface area contributed by atoms with Gasteiger partial charge >= 0.3 is 5.97 Å². The number of aliphatic carboxylic acids is 1. The number of amides is 1. The van der Waals surface area contributed by atoms with Gasteiger partial charge in [0.2, 0.25) is 15.9 Å². The highest BCUT2D eigenvalue weighted by molar-refractivity contribution is 7.89. The maximum Gasteiger partial charge on any atom is 0.322 e. The molecule has 0 saturated carbocycles. The van der Waals surface area contributed by atoms with Crippen molar-refractivity contribution in [2.75, 3.05) is 11.4 Å². The van der Waals surface area contributed by atoms with Crippen molar-refractivity contribution in [3.8, 4) is 5.75 Å². The summed E-state index contributed by atoms with van der Waals surface area (Å²) in [5.74, 6) is -1.50. The van der Waals surface area contributed by atoms with E-state index in [1.54, 1.807) is 13.8 Å². The molecule has 0 aliphatic carbocycles. The number of carboxylic acids is 1.